The molecule has 0 saturated carbocycles. The van der Waals surface area contributed by atoms with Gasteiger partial charge in [0.15, 0.2) is 17.9 Å². The first-order valence-corrected chi connectivity index (χ1v) is 13.7. The molecule has 1 aliphatic carbocycles. The number of anilines is 1. The summed E-state index contributed by atoms with van der Waals surface area (Å²) in [6, 6.07) is 11.5. The molecule has 0 bridgehead atoms. The standard InChI is InChI=1S/C22H20N4O5.C9H10N2O2.CH4.ClH/c1-3-10-31-22(30)14-4-5-15-13(12(14)2)6-7-16(15)25-20(27)18-11-17(21(28)29)24-19-8-9-23-26(18)19;10-4-6-1-2-8-7(3-6)11-9(12)5-13-8;;/h3-5,8-9,11,16H,1,6-7,10H2,2H3,(H,25,27)(H,28,29);1-3H,4-5,10H2,(H,11,12);1H4;1H/t16-;;;/m0.../s1. The van der Waals surface area contributed by atoms with E-state index in [0.29, 0.717) is 36.4 Å². The van der Waals surface area contributed by atoms with Crippen LogP contribution in [0.25, 0.3) is 5.65 Å². The normalized spacial score (nSPS) is 14.0. The largest absolute Gasteiger partial charge is 0.482 e. The molecule has 3 heterocycles. The zero-order valence-electron chi connectivity index (χ0n) is 24.2. The summed E-state index contributed by atoms with van der Waals surface area (Å²) < 4.78 is 11.6. The first kappa shape index (κ1) is 35.2. The maximum Gasteiger partial charge on any atom is 0.354 e. The molecule has 2 aromatic carbocycles. The van der Waals surface area contributed by atoms with Crippen LogP contribution in [0.5, 0.6) is 5.75 Å². The van der Waals surface area contributed by atoms with Crippen molar-refractivity contribution in [2.75, 3.05) is 18.5 Å². The summed E-state index contributed by atoms with van der Waals surface area (Å²) in [6.07, 6.45) is 4.32. The molecule has 14 heteroatoms. The number of esters is 1. The van der Waals surface area contributed by atoms with Crippen LogP contribution in [0.3, 0.4) is 0 Å². The maximum absolute atomic E-state index is 13.0. The lowest BCUT2D eigenvalue weighted by molar-refractivity contribution is -0.118. The number of fused-ring (bicyclic) bond motifs is 3. The molecule has 0 spiro atoms. The fraction of sp³-hybridized carbons (Fsp3) is 0.250. The summed E-state index contributed by atoms with van der Waals surface area (Å²) in [6.45, 7) is 6.10. The molecule has 2 aromatic heterocycles. The minimum Gasteiger partial charge on any atom is -0.482 e. The van der Waals surface area contributed by atoms with Crippen molar-refractivity contribution in [3.63, 3.8) is 0 Å². The number of aromatic nitrogens is 3. The number of hydrogen-bond donors (Lipinski definition) is 4. The molecule has 4 aromatic rings. The van der Waals surface area contributed by atoms with Crippen molar-refractivity contribution in [1.82, 2.24) is 19.9 Å². The van der Waals surface area contributed by atoms with Crippen LogP contribution < -0.4 is 21.1 Å². The number of hydrogen-bond acceptors (Lipinski definition) is 9. The second kappa shape index (κ2) is 15.1. The SMILES string of the molecule is C.C=CCOC(=O)c1ccc2c(c1C)CC[C@@H]2NC(=O)c1cc(C(=O)O)nc2ccnn12.Cl.NCc1ccc2c(c1)NC(=O)CO2. The molecule has 5 N–H and O–H groups in total. The molecule has 46 heavy (non-hydrogen) atoms. The van der Waals surface area contributed by atoms with E-state index >= 15 is 0 Å². The van der Waals surface area contributed by atoms with E-state index in [2.05, 4.69) is 27.3 Å². The molecule has 1 aliphatic heterocycles. The molecular formula is C32H35ClN6O7. The van der Waals surface area contributed by atoms with Crippen molar-refractivity contribution in [2.45, 2.75) is 39.8 Å². The van der Waals surface area contributed by atoms with Gasteiger partial charge < -0.3 is 30.9 Å². The molecule has 1 atom stereocenters. The van der Waals surface area contributed by atoms with Crippen molar-refractivity contribution in [1.29, 1.82) is 0 Å². The van der Waals surface area contributed by atoms with Gasteiger partial charge in [-0.25, -0.2) is 19.1 Å². The third-order valence-electron chi connectivity index (χ3n) is 7.27. The molecule has 0 unspecified atom stereocenters. The van der Waals surface area contributed by atoms with E-state index < -0.39 is 17.8 Å². The number of carbonyl (C=O) groups excluding carboxylic acids is 3. The van der Waals surface area contributed by atoms with Gasteiger partial charge in [0.1, 0.15) is 18.1 Å². The Bertz CT molecular complexity index is 1810. The Morgan fingerprint density at radius 3 is 2.74 bits per heavy atom. The number of carboxylic acid groups (broad SMARTS) is 1. The van der Waals surface area contributed by atoms with Gasteiger partial charge in [-0.15, -0.1) is 12.4 Å². The summed E-state index contributed by atoms with van der Waals surface area (Å²) in [7, 11) is 0. The van der Waals surface area contributed by atoms with Crippen LogP contribution in [0.4, 0.5) is 5.69 Å². The van der Waals surface area contributed by atoms with Crippen LogP contribution >= 0.6 is 12.4 Å². The molecule has 242 valence electrons. The number of nitrogens with one attached hydrogen (secondary N) is 2. The molecule has 0 fully saturated rings. The number of rotatable bonds is 7. The Hall–Kier alpha value is -5.27. The van der Waals surface area contributed by atoms with Crippen molar-refractivity contribution >= 4 is 47.5 Å². The molecule has 6 rings (SSSR count). The van der Waals surface area contributed by atoms with E-state index in [1.165, 1.54) is 28.9 Å². The van der Waals surface area contributed by atoms with Gasteiger partial charge in [-0.05, 0) is 60.2 Å². The van der Waals surface area contributed by atoms with Gasteiger partial charge in [-0.3, -0.25) is 9.59 Å². The number of aromatic carboxylic acids is 1. The van der Waals surface area contributed by atoms with Gasteiger partial charge in [0.25, 0.3) is 11.8 Å². The number of carbonyl (C=O) groups is 4. The molecular weight excluding hydrogens is 616 g/mol. The maximum atomic E-state index is 13.0. The predicted molar refractivity (Wildman–Crippen MR) is 173 cm³/mol. The average Bonchev–Trinajstić information content (AvgIpc) is 3.67. The lowest BCUT2D eigenvalue weighted by Gasteiger charge is -2.18. The van der Waals surface area contributed by atoms with Crippen molar-refractivity contribution in [3.05, 3.63) is 101 Å². The van der Waals surface area contributed by atoms with Crippen molar-refractivity contribution < 1.29 is 33.8 Å². The number of amides is 2. The number of carboxylic acids is 1. The third-order valence-corrected chi connectivity index (χ3v) is 7.27. The Kier molecular flexibility index (Phi) is 11.6. The highest BCUT2D eigenvalue weighted by Crippen LogP contribution is 2.35. The van der Waals surface area contributed by atoms with E-state index in [-0.39, 0.29) is 62.0 Å². The third kappa shape index (κ3) is 7.33. The second-order valence-corrected chi connectivity index (χ2v) is 10.1. The van der Waals surface area contributed by atoms with Crippen LogP contribution in [0.15, 0.2) is 61.3 Å². The van der Waals surface area contributed by atoms with Gasteiger partial charge in [-0.1, -0.05) is 32.2 Å². The molecule has 0 radical (unpaired) electrons. The molecule has 2 aliphatic rings. The van der Waals surface area contributed by atoms with E-state index in [4.69, 9.17) is 15.2 Å². The number of nitrogens with zero attached hydrogens (tertiary/aromatic N) is 3. The van der Waals surface area contributed by atoms with Gasteiger partial charge in [0, 0.05) is 18.7 Å². The highest BCUT2D eigenvalue weighted by molar-refractivity contribution is 5.97. The van der Waals surface area contributed by atoms with Crippen LogP contribution in [0.1, 0.15) is 73.5 Å². The van der Waals surface area contributed by atoms with Gasteiger partial charge in [0.05, 0.1) is 23.5 Å². The minimum atomic E-state index is -1.23. The van der Waals surface area contributed by atoms with E-state index in [0.717, 1.165) is 22.3 Å². The number of benzene rings is 2. The quantitative estimate of drug-likeness (QED) is 0.168. The lowest BCUT2D eigenvalue weighted by atomic mass is 9.98. The lowest BCUT2D eigenvalue weighted by Crippen LogP contribution is -2.29. The topological polar surface area (TPSA) is 187 Å². The van der Waals surface area contributed by atoms with Gasteiger partial charge in [0.2, 0.25) is 0 Å². The van der Waals surface area contributed by atoms with Crippen LogP contribution in [-0.2, 0) is 22.5 Å². The summed E-state index contributed by atoms with van der Waals surface area (Å²) in [5.74, 6) is -1.51. The Balaban J connectivity index is 0.000000323. The first-order valence-electron chi connectivity index (χ1n) is 13.7. The fourth-order valence-electron chi connectivity index (χ4n) is 5.14. The summed E-state index contributed by atoms with van der Waals surface area (Å²) >= 11 is 0. The van der Waals surface area contributed by atoms with Gasteiger partial charge >= 0.3 is 11.9 Å². The van der Waals surface area contributed by atoms with E-state index in [1.54, 1.807) is 6.07 Å². The van der Waals surface area contributed by atoms with Crippen molar-refractivity contribution in [2.24, 2.45) is 5.73 Å². The average molecular weight is 651 g/mol. The molecule has 0 saturated heterocycles. The van der Waals surface area contributed by atoms with Crippen LogP contribution in [-0.4, -0.2) is 56.7 Å². The Morgan fingerprint density at radius 2 is 2.02 bits per heavy atom. The summed E-state index contributed by atoms with van der Waals surface area (Å²) in [4.78, 5) is 51.6. The zero-order chi connectivity index (χ0) is 31.4. The number of ether oxygens (including phenoxy) is 2. The number of halogens is 1. The second-order valence-electron chi connectivity index (χ2n) is 10.1. The highest BCUT2D eigenvalue weighted by atomic mass is 35.5. The zero-order valence-corrected chi connectivity index (χ0v) is 25.1. The Labute approximate surface area is 271 Å². The smallest absolute Gasteiger partial charge is 0.354 e. The van der Waals surface area contributed by atoms with E-state index in [9.17, 15) is 24.3 Å². The number of nitrogens with two attached hydrogens (primary N) is 1. The Morgan fingerprint density at radius 1 is 1.24 bits per heavy atom. The predicted octanol–water partition coefficient (Wildman–Crippen LogP) is 4.03. The van der Waals surface area contributed by atoms with Crippen LogP contribution in [0.2, 0.25) is 0 Å². The minimum absolute atomic E-state index is 0. The highest BCUT2D eigenvalue weighted by Gasteiger charge is 2.29. The monoisotopic (exact) mass is 650 g/mol. The van der Waals surface area contributed by atoms with E-state index in [1.807, 2.05) is 31.2 Å². The fourth-order valence-corrected chi connectivity index (χ4v) is 5.14. The van der Waals surface area contributed by atoms with Gasteiger partial charge in [-0.2, -0.15) is 5.10 Å². The molecule has 13 nitrogen and oxygen atoms in total. The van der Waals surface area contributed by atoms with Crippen molar-refractivity contribution in [3.8, 4) is 5.75 Å². The summed E-state index contributed by atoms with van der Waals surface area (Å²) in [5, 5.41) is 19.0. The summed E-state index contributed by atoms with van der Waals surface area (Å²) in [5.41, 5.74) is 10.5. The molecule has 2 amide bonds. The van der Waals surface area contributed by atoms with Crippen LogP contribution in [0, 0.1) is 6.92 Å². The first-order chi connectivity index (χ1) is 21.2.